The highest BCUT2D eigenvalue weighted by Gasteiger charge is 2.39. The highest BCUT2D eigenvalue weighted by molar-refractivity contribution is 6.06. The van der Waals surface area contributed by atoms with Crippen molar-refractivity contribution in [1.82, 2.24) is 4.90 Å². The molecule has 4 N–H and O–H groups in total. The highest BCUT2D eigenvalue weighted by atomic mass is 16.6. The summed E-state index contributed by atoms with van der Waals surface area (Å²) in [5.41, 5.74) is 6.84. The zero-order valence-electron chi connectivity index (χ0n) is 26.4. The molecule has 0 aliphatic heterocycles. The van der Waals surface area contributed by atoms with Gasteiger partial charge in [0.1, 0.15) is 11.6 Å². The minimum atomic E-state index is -1.73. The number of hydrogen-bond donors (Lipinski definition) is 3. The Labute approximate surface area is 266 Å². The third-order valence-corrected chi connectivity index (χ3v) is 5.70. The van der Waals surface area contributed by atoms with Crippen LogP contribution in [0.1, 0.15) is 62.5 Å². The molecule has 0 bridgehead atoms. The first-order valence-electron chi connectivity index (χ1n) is 14.2. The minimum absolute atomic E-state index is 0.0397. The van der Waals surface area contributed by atoms with Crippen LogP contribution in [0.3, 0.4) is 0 Å². The van der Waals surface area contributed by atoms with E-state index in [0.29, 0.717) is 11.1 Å². The van der Waals surface area contributed by atoms with Crippen molar-refractivity contribution in [2.45, 2.75) is 47.1 Å². The summed E-state index contributed by atoms with van der Waals surface area (Å²) in [4.78, 5) is 73.5. The van der Waals surface area contributed by atoms with Gasteiger partial charge in [-0.25, -0.2) is 14.4 Å². The third-order valence-electron chi connectivity index (χ3n) is 5.70. The number of carboxylic acid groups (broad SMARTS) is 1. The van der Waals surface area contributed by atoms with E-state index in [2.05, 4.69) is 0 Å². The summed E-state index contributed by atoms with van der Waals surface area (Å²) in [6.45, 7) is 7.05. The fraction of sp³-hybridized carbons (Fsp3) is 0.344. The van der Waals surface area contributed by atoms with Gasteiger partial charge in [-0.3, -0.25) is 19.8 Å². The zero-order chi connectivity index (χ0) is 34.8. The number of amides is 1. The summed E-state index contributed by atoms with van der Waals surface area (Å²) >= 11 is 0. The van der Waals surface area contributed by atoms with Gasteiger partial charge in [0.25, 0.3) is 11.9 Å². The Kier molecular flexibility index (Phi) is 16.5. The number of esters is 4. The molecule has 0 aromatic heterocycles. The molecule has 2 aromatic carbocycles. The Morgan fingerprint density at radius 2 is 1.30 bits per heavy atom. The highest BCUT2D eigenvalue weighted by Crippen LogP contribution is 2.18. The summed E-state index contributed by atoms with van der Waals surface area (Å²) in [6.07, 6.45) is 1.24. The molecule has 1 amide bonds. The van der Waals surface area contributed by atoms with Gasteiger partial charge in [-0.05, 0) is 75.7 Å². The monoisotopic (exact) mass is 641 g/mol. The van der Waals surface area contributed by atoms with Crippen LogP contribution in [0.15, 0.2) is 54.1 Å². The zero-order valence-corrected chi connectivity index (χ0v) is 26.4. The summed E-state index contributed by atoms with van der Waals surface area (Å²) in [5, 5.41) is 14.8. The van der Waals surface area contributed by atoms with E-state index in [1.807, 2.05) is 0 Å². The Bertz CT molecular complexity index is 1400. The Hall–Kier alpha value is -5.53. The molecule has 2 aromatic rings. The largest absolute Gasteiger partial charge is 0.481 e. The van der Waals surface area contributed by atoms with Gasteiger partial charge in [0.2, 0.25) is 6.04 Å². The van der Waals surface area contributed by atoms with Crippen LogP contribution in [0.5, 0.6) is 5.75 Å². The number of benzene rings is 2. The maximum atomic E-state index is 13.5. The first-order valence-corrected chi connectivity index (χ1v) is 14.2. The molecule has 2 rings (SSSR count). The van der Waals surface area contributed by atoms with E-state index in [1.165, 1.54) is 37.3 Å². The number of carbonyl (C=O) groups excluding carboxylic acids is 5. The summed E-state index contributed by atoms with van der Waals surface area (Å²) in [5.74, 6) is -4.57. The van der Waals surface area contributed by atoms with E-state index in [0.717, 1.165) is 11.8 Å². The lowest BCUT2D eigenvalue weighted by Crippen LogP contribution is -2.52. The SMILES string of the molecule is CC(=O)O.CCOC(=O)CCN(C(=O)C(C)=Cc1ccc(C(=O)Oc2ccc(C(=N)N)cc2)cc1)C(C(=O)OCC)C(=O)OCC. The fourth-order valence-electron chi connectivity index (χ4n) is 3.71. The number of nitrogens with one attached hydrogen (secondary N) is 1. The number of rotatable bonds is 14. The quantitative estimate of drug-likeness (QED) is 0.0517. The van der Waals surface area contributed by atoms with Gasteiger partial charge in [-0.1, -0.05) is 12.1 Å². The summed E-state index contributed by atoms with van der Waals surface area (Å²) < 4.78 is 20.3. The van der Waals surface area contributed by atoms with Crippen molar-refractivity contribution in [2.75, 3.05) is 26.4 Å². The second-order valence-electron chi connectivity index (χ2n) is 9.26. The number of carboxylic acids is 1. The standard InChI is InChI=1S/C30H35N3O9.C2H4O2/c1-5-39-24(34)16-17-33(25(29(37)40-6-2)30(38)41-7-3)27(35)19(4)18-20-8-10-22(11-9-20)28(36)42-23-14-12-21(13-15-23)26(31)32;1-2(3)4/h8-15,18,25H,5-7,16-17H2,1-4H3,(H3,31,32);1H3,(H,3,4). The topological polar surface area (TPSA) is 213 Å². The van der Waals surface area contributed by atoms with Gasteiger partial charge in [0.15, 0.2) is 0 Å². The molecule has 0 saturated carbocycles. The molecule has 0 radical (unpaired) electrons. The van der Waals surface area contributed by atoms with Crippen LogP contribution in [0, 0.1) is 5.41 Å². The predicted molar refractivity (Wildman–Crippen MR) is 166 cm³/mol. The van der Waals surface area contributed by atoms with Crippen LogP contribution in [0.2, 0.25) is 0 Å². The lowest BCUT2D eigenvalue weighted by atomic mass is 10.1. The molecule has 14 nitrogen and oxygen atoms in total. The van der Waals surface area contributed by atoms with Gasteiger partial charge in [0.05, 0.1) is 31.8 Å². The Morgan fingerprint density at radius 1 is 0.826 bits per heavy atom. The molecule has 0 aliphatic rings. The molecule has 0 spiro atoms. The molecular formula is C32H39N3O11. The number of amidine groups is 1. The average Bonchev–Trinajstić information content (AvgIpc) is 2.99. The molecule has 0 unspecified atom stereocenters. The van der Waals surface area contributed by atoms with Crippen molar-refractivity contribution in [2.24, 2.45) is 5.73 Å². The van der Waals surface area contributed by atoms with Crippen molar-refractivity contribution in [3.8, 4) is 5.75 Å². The maximum Gasteiger partial charge on any atom is 0.343 e. The smallest absolute Gasteiger partial charge is 0.343 e. The van der Waals surface area contributed by atoms with E-state index < -0.39 is 41.8 Å². The van der Waals surface area contributed by atoms with Gasteiger partial charge in [0, 0.05) is 24.6 Å². The number of nitrogen functional groups attached to an aromatic ring is 1. The van der Waals surface area contributed by atoms with Crippen LogP contribution in [-0.2, 0) is 38.2 Å². The number of carbonyl (C=O) groups is 6. The second kappa shape index (κ2) is 19.7. The average molecular weight is 642 g/mol. The molecule has 0 heterocycles. The molecular weight excluding hydrogens is 602 g/mol. The van der Waals surface area contributed by atoms with Crippen molar-refractivity contribution < 1.29 is 52.8 Å². The van der Waals surface area contributed by atoms with Crippen LogP contribution >= 0.6 is 0 Å². The van der Waals surface area contributed by atoms with Crippen molar-refractivity contribution in [3.05, 3.63) is 70.8 Å². The third kappa shape index (κ3) is 13.0. The normalized spacial score (nSPS) is 10.5. The van der Waals surface area contributed by atoms with Crippen LogP contribution in [-0.4, -0.2) is 84.0 Å². The summed E-state index contributed by atoms with van der Waals surface area (Å²) in [7, 11) is 0. The number of ether oxygens (including phenoxy) is 4. The second-order valence-corrected chi connectivity index (χ2v) is 9.26. The van der Waals surface area contributed by atoms with Gasteiger partial charge >= 0.3 is 23.9 Å². The number of nitrogens with two attached hydrogens (primary N) is 1. The van der Waals surface area contributed by atoms with Crippen LogP contribution < -0.4 is 10.5 Å². The van der Waals surface area contributed by atoms with Crippen LogP contribution in [0.25, 0.3) is 6.08 Å². The molecule has 248 valence electrons. The van der Waals surface area contributed by atoms with E-state index in [9.17, 15) is 24.0 Å². The fourth-order valence-corrected chi connectivity index (χ4v) is 3.71. The van der Waals surface area contributed by atoms with Gasteiger partial charge in [-0.15, -0.1) is 0 Å². The van der Waals surface area contributed by atoms with E-state index in [-0.39, 0.29) is 55.5 Å². The van der Waals surface area contributed by atoms with Crippen molar-refractivity contribution in [1.29, 1.82) is 5.41 Å². The lowest BCUT2D eigenvalue weighted by molar-refractivity contribution is -0.167. The number of hydrogen-bond acceptors (Lipinski definition) is 11. The first-order chi connectivity index (χ1) is 21.7. The molecule has 0 saturated heterocycles. The van der Waals surface area contributed by atoms with Crippen molar-refractivity contribution in [3.63, 3.8) is 0 Å². The molecule has 46 heavy (non-hydrogen) atoms. The summed E-state index contributed by atoms with van der Waals surface area (Å²) in [6, 6.07) is 10.6. The van der Waals surface area contributed by atoms with E-state index in [4.69, 9.17) is 40.0 Å². The van der Waals surface area contributed by atoms with Gasteiger partial charge < -0.3 is 34.7 Å². The Morgan fingerprint density at radius 3 is 1.76 bits per heavy atom. The number of nitrogens with zero attached hydrogens (tertiary/aromatic N) is 1. The molecule has 0 fully saturated rings. The molecule has 0 aliphatic carbocycles. The lowest BCUT2D eigenvalue weighted by Gasteiger charge is -2.28. The minimum Gasteiger partial charge on any atom is -0.481 e. The number of aliphatic carboxylic acids is 1. The molecule has 0 atom stereocenters. The first kappa shape index (κ1) is 38.5. The Balaban J connectivity index is 0.00000249. The maximum absolute atomic E-state index is 13.5. The van der Waals surface area contributed by atoms with E-state index >= 15 is 0 Å². The van der Waals surface area contributed by atoms with Gasteiger partial charge in [-0.2, -0.15) is 0 Å². The van der Waals surface area contributed by atoms with E-state index in [1.54, 1.807) is 45.0 Å². The molecule has 14 heteroatoms. The predicted octanol–water partition coefficient (Wildman–Crippen LogP) is 2.96. The van der Waals surface area contributed by atoms with Crippen LogP contribution in [0.4, 0.5) is 0 Å². The van der Waals surface area contributed by atoms with Crippen molar-refractivity contribution >= 4 is 47.7 Å².